The van der Waals surface area contributed by atoms with Crippen molar-refractivity contribution in [2.45, 2.75) is 57.5 Å². The maximum Gasteiger partial charge on any atom is 0.165 e. The van der Waals surface area contributed by atoms with E-state index < -0.39 is 17.4 Å². The second-order valence-corrected chi connectivity index (χ2v) is 6.95. The van der Waals surface area contributed by atoms with Gasteiger partial charge in [-0.05, 0) is 61.0 Å². The molecule has 0 radical (unpaired) electrons. The molecule has 0 aliphatic heterocycles. The first-order valence-corrected chi connectivity index (χ1v) is 7.78. The minimum absolute atomic E-state index is 0.0246. The average molecular weight is 296 g/mol. The van der Waals surface area contributed by atoms with Crippen LogP contribution in [0.4, 0.5) is 8.78 Å². The first kappa shape index (κ1) is 14.8. The van der Waals surface area contributed by atoms with Crippen molar-refractivity contribution in [2.75, 3.05) is 0 Å². The molecule has 21 heavy (non-hydrogen) atoms. The van der Waals surface area contributed by atoms with E-state index in [0.717, 1.165) is 50.7 Å². The molecule has 2 N–H and O–H groups in total. The number of rotatable bonds is 1. The molecule has 4 atom stereocenters. The number of aromatic hydroxyl groups is 1. The van der Waals surface area contributed by atoms with Gasteiger partial charge in [-0.25, -0.2) is 8.78 Å². The van der Waals surface area contributed by atoms with Crippen LogP contribution in [0.15, 0.2) is 12.1 Å². The van der Waals surface area contributed by atoms with E-state index in [2.05, 4.69) is 6.92 Å². The highest BCUT2D eigenvalue weighted by Gasteiger charge is 2.47. The lowest BCUT2D eigenvalue weighted by Gasteiger charge is -2.50. The normalized spacial score (nSPS) is 36.3. The van der Waals surface area contributed by atoms with Crippen molar-refractivity contribution in [3.63, 3.8) is 0 Å². The standard InChI is InChI=1S/C17H22F2O2/c1-17-6-5-10(7-11(17)3-2-4-16(17)21)12-8-14(19)15(20)9-13(12)18/h8-11,16,20-21H,2-7H2,1H3/t10-,11-,16-,17-/m0/s1. The molecule has 0 bridgehead atoms. The van der Waals surface area contributed by atoms with E-state index in [0.29, 0.717) is 11.5 Å². The van der Waals surface area contributed by atoms with Crippen molar-refractivity contribution in [2.24, 2.45) is 11.3 Å². The third-order valence-electron chi connectivity index (χ3n) is 5.83. The number of hydrogen-bond donors (Lipinski definition) is 2. The Morgan fingerprint density at radius 2 is 1.90 bits per heavy atom. The van der Waals surface area contributed by atoms with Gasteiger partial charge in [-0.2, -0.15) is 0 Å². The fourth-order valence-electron chi connectivity index (χ4n) is 4.34. The van der Waals surface area contributed by atoms with Crippen LogP contribution in [0.3, 0.4) is 0 Å². The Hall–Kier alpha value is -1.16. The summed E-state index contributed by atoms with van der Waals surface area (Å²) in [5.74, 6) is -1.59. The summed E-state index contributed by atoms with van der Waals surface area (Å²) in [7, 11) is 0. The van der Waals surface area contributed by atoms with Crippen LogP contribution in [0.5, 0.6) is 5.75 Å². The molecule has 4 heteroatoms. The summed E-state index contributed by atoms with van der Waals surface area (Å²) in [5.41, 5.74) is 0.285. The monoisotopic (exact) mass is 296 g/mol. The Labute approximate surface area is 123 Å². The molecule has 0 saturated heterocycles. The molecule has 1 aromatic carbocycles. The number of phenolic OH excluding ortho intramolecular Hbond substituents is 1. The van der Waals surface area contributed by atoms with Gasteiger partial charge in [0.2, 0.25) is 0 Å². The number of aliphatic hydroxyl groups excluding tert-OH is 1. The van der Waals surface area contributed by atoms with Gasteiger partial charge in [-0.3, -0.25) is 0 Å². The number of fused-ring (bicyclic) bond motifs is 1. The molecular weight excluding hydrogens is 274 g/mol. The molecule has 1 aromatic rings. The van der Waals surface area contributed by atoms with E-state index in [9.17, 15) is 19.0 Å². The molecule has 0 heterocycles. The van der Waals surface area contributed by atoms with Crippen molar-refractivity contribution in [3.8, 4) is 5.75 Å². The van der Waals surface area contributed by atoms with Crippen LogP contribution in [0.2, 0.25) is 0 Å². The predicted octanol–water partition coefficient (Wildman–Crippen LogP) is 4.11. The largest absolute Gasteiger partial charge is 0.505 e. The van der Waals surface area contributed by atoms with Gasteiger partial charge in [-0.15, -0.1) is 0 Å². The molecule has 0 amide bonds. The van der Waals surface area contributed by atoms with Crippen molar-refractivity contribution in [3.05, 3.63) is 29.3 Å². The van der Waals surface area contributed by atoms with Crippen molar-refractivity contribution in [1.82, 2.24) is 0 Å². The molecule has 2 aliphatic rings. The van der Waals surface area contributed by atoms with Crippen molar-refractivity contribution in [1.29, 1.82) is 0 Å². The molecule has 3 rings (SSSR count). The van der Waals surface area contributed by atoms with E-state index in [1.807, 2.05) is 0 Å². The zero-order chi connectivity index (χ0) is 15.2. The Morgan fingerprint density at radius 3 is 2.67 bits per heavy atom. The summed E-state index contributed by atoms with van der Waals surface area (Å²) in [4.78, 5) is 0. The Bertz CT molecular complexity index is 546. The molecule has 2 nitrogen and oxygen atoms in total. The molecular formula is C17H22F2O2. The van der Waals surface area contributed by atoms with Crippen LogP contribution in [-0.2, 0) is 0 Å². The van der Waals surface area contributed by atoms with E-state index in [4.69, 9.17) is 0 Å². The van der Waals surface area contributed by atoms with Gasteiger partial charge in [0.05, 0.1) is 6.10 Å². The molecule has 2 saturated carbocycles. The smallest absolute Gasteiger partial charge is 0.165 e. The predicted molar refractivity (Wildman–Crippen MR) is 76.1 cm³/mol. The summed E-state index contributed by atoms with van der Waals surface area (Å²) in [6, 6.07) is 2.01. The summed E-state index contributed by atoms with van der Waals surface area (Å²) in [6.45, 7) is 2.13. The fraction of sp³-hybridized carbons (Fsp3) is 0.647. The maximum absolute atomic E-state index is 14.0. The van der Waals surface area contributed by atoms with Gasteiger partial charge in [-0.1, -0.05) is 13.3 Å². The van der Waals surface area contributed by atoms with E-state index in [1.165, 1.54) is 0 Å². The van der Waals surface area contributed by atoms with Gasteiger partial charge in [0, 0.05) is 6.07 Å². The van der Waals surface area contributed by atoms with Crippen LogP contribution in [0, 0.1) is 23.0 Å². The van der Waals surface area contributed by atoms with E-state index in [1.54, 1.807) is 0 Å². The zero-order valence-corrected chi connectivity index (χ0v) is 12.3. The minimum atomic E-state index is -0.761. The highest BCUT2D eigenvalue weighted by Crippen LogP contribution is 2.54. The third-order valence-corrected chi connectivity index (χ3v) is 5.83. The van der Waals surface area contributed by atoms with Crippen LogP contribution in [0.25, 0.3) is 0 Å². The van der Waals surface area contributed by atoms with E-state index in [-0.39, 0.29) is 17.4 Å². The molecule has 0 aromatic heterocycles. The second-order valence-electron chi connectivity index (χ2n) is 6.95. The SMILES string of the molecule is C[C@]12CC[C@H](c3cc(F)c(O)cc3F)C[C@@H]1CCC[C@@H]2O. The number of aliphatic hydroxyl groups is 1. The lowest BCUT2D eigenvalue weighted by atomic mass is 9.56. The Balaban J connectivity index is 1.85. The van der Waals surface area contributed by atoms with E-state index >= 15 is 0 Å². The Kier molecular flexibility index (Phi) is 3.68. The Morgan fingerprint density at radius 1 is 1.14 bits per heavy atom. The third kappa shape index (κ3) is 2.44. The zero-order valence-electron chi connectivity index (χ0n) is 12.3. The molecule has 0 spiro atoms. The fourth-order valence-corrected chi connectivity index (χ4v) is 4.34. The average Bonchev–Trinajstić information content (AvgIpc) is 2.44. The summed E-state index contributed by atoms with van der Waals surface area (Å²) >= 11 is 0. The summed E-state index contributed by atoms with van der Waals surface area (Å²) in [6.07, 6.45) is 5.00. The van der Waals surface area contributed by atoms with Gasteiger partial charge < -0.3 is 10.2 Å². The molecule has 2 aliphatic carbocycles. The quantitative estimate of drug-likeness (QED) is 0.819. The van der Waals surface area contributed by atoms with Gasteiger partial charge in [0.25, 0.3) is 0 Å². The van der Waals surface area contributed by atoms with Crippen LogP contribution >= 0.6 is 0 Å². The van der Waals surface area contributed by atoms with Crippen LogP contribution in [-0.4, -0.2) is 16.3 Å². The highest BCUT2D eigenvalue weighted by atomic mass is 19.1. The van der Waals surface area contributed by atoms with Crippen LogP contribution in [0.1, 0.15) is 56.9 Å². The summed E-state index contributed by atoms with van der Waals surface area (Å²) < 4.78 is 27.6. The number of halogens is 2. The van der Waals surface area contributed by atoms with Gasteiger partial charge in [0.15, 0.2) is 11.6 Å². The topological polar surface area (TPSA) is 40.5 Å². The molecule has 2 fully saturated rings. The first-order chi connectivity index (χ1) is 9.91. The summed E-state index contributed by atoms with van der Waals surface area (Å²) in [5, 5.41) is 19.5. The number of hydrogen-bond acceptors (Lipinski definition) is 2. The molecule has 0 unspecified atom stereocenters. The highest BCUT2D eigenvalue weighted by molar-refractivity contribution is 5.32. The maximum atomic E-state index is 14.0. The van der Waals surface area contributed by atoms with Crippen molar-refractivity contribution < 1.29 is 19.0 Å². The minimum Gasteiger partial charge on any atom is -0.505 e. The lowest BCUT2D eigenvalue weighted by molar-refractivity contribution is -0.0696. The van der Waals surface area contributed by atoms with Gasteiger partial charge >= 0.3 is 0 Å². The lowest BCUT2D eigenvalue weighted by Crippen LogP contribution is -2.45. The van der Waals surface area contributed by atoms with Crippen molar-refractivity contribution >= 4 is 0 Å². The van der Waals surface area contributed by atoms with Gasteiger partial charge in [0.1, 0.15) is 5.82 Å². The molecule has 116 valence electrons. The van der Waals surface area contributed by atoms with Crippen LogP contribution < -0.4 is 0 Å². The second kappa shape index (κ2) is 5.24. The number of phenols is 1. The number of benzene rings is 1. The first-order valence-electron chi connectivity index (χ1n) is 7.78.